The van der Waals surface area contributed by atoms with Crippen LogP contribution in [0.5, 0.6) is 0 Å². The second-order valence-electron chi connectivity index (χ2n) is 15.3. The third-order valence-corrected chi connectivity index (χ3v) is 9.94. The molecule has 53 heavy (non-hydrogen) atoms. The molecule has 0 amide bonds. The summed E-state index contributed by atoms with van der Waals surface area (Å²) in [6.07, 6.45) is 45.8. The molecule has 1 atom stereocenters. The smallest absolute Gasteiger partial charge is 0.306 e. The molecule has 6 heteroatoms. The van der Waals surface area contributed by atoms with E-state index in [0.29, 0.717) is 19.3 Å². The number of hydrogen-bond donors (Lipinski definition) is 0. The van der Waals surface area contributed by atoms with Gasteiger partial charge < -0.3 is 14.2 Å². The van der Waals surface area contributed by atoms with Gasteiger partial charge in [0.05, 0.1) is 0 Å². The van der Waals surface area contributed by atoms with Crippen LogP contribution in [0.4, 0.5) is 0 Å². The lowest BCUT2D eigenvalue weighted by Gasteiger charge is -2.18. The van der Waals surface area contributed by atoms with Crippen molar-refractivity contribution in [2.75, 3.05) is 13.2 Å². The van der Waals surface area contributed by atoms with E-state index in [9.17, 15) is 14.4 Å². The number of hydrogen-bond acceptors (Lipinski definition) is 6. The van der Waals surface area contributed by atoms with Crippen LogP contribution >= 0.6 is 0 Å². The first kappa shape index (κ1) is 50.9. The van der Waals surface area contributed by atoms with Crippen molar-refractivity contribution in [3.63, 3.8) is 0 Å². The summed E-state index contributed by atoms with van der Waals surface area (Å²) >= 11 is 0. The zero-order chi connectivity index (χ0) is 38.7. The van der Waals surface area contributed by atoms with Gasteiger partial charge in [-0.1, -0.05) is 199 Å². The van der Waals surface area contributed by atoms with E-state index in [1.54, 1.807) is 0 Å². The fourth-order valence-electron chi connectivity index (χ4n) is 6.48. The monoisotopic (exact) mass is 747 g/mol. The lowest BCUT2D eigenvalue weighted by atomic mass is 10.1. The summed E-state index contributed by atoms with van der Waals surface area (Å²) in [6, 6.07) is 0. The van der Waals surface area contributed by atoms with Gasteiger partial charge in [0.25, 0.3) is 0 Å². The maximum atomic E-state index is 12.7. The number of unbranched alkanes of at least 4 members (excludes halogenated alkanes) is 26. The van der Waals surface area contributed by atoms with E-state index in [1.165, 1.54) is 116 Å². The van der Waals surface area contributed by atoms with E-state index in [4.69, 9.17) is 14.2 Å². The summed E-state index contributed by atoms with van der Waals surface area (Å²) in [5.74, 6) is -0.882. The summed E-state index contributed by atoms with van der Waals surface area (Å²) in [4.78, 5) is 37.7. The maximum Gasteiger partial charge on any atom is 0.306 e. The van der Waals surface area contributed by atoms with Gasteiger partial charge in [0.15, 0.2) is 6.10 Å². The SMILES string of the molecule is CCC/C=C\C/C=C\CCCCCCCC(=O)OCC(COC(=O)CCCCCCCCCCCCC)OC(=O)CCCCCCCCCCCCC. The van der Waals surface area contributed by atoms with Gasteiger partial charge >= 0.3 is 17.9 Å². The molecular formula is C47H86O6. The molecule has 6 nitrogen and oxygen atoms in total. The maximum absolute atomic E-state index is 12.7. The van der Waals surface area contributed by atoms with Crippen LogP contribution in [0, 0.1) is 0 Å². The number of carbonyl (C=O) groups is 3. The number of allylic oxidation sites excluding steroid dienone is 4. The van der Waals surface area contributed by atoms with Gasteiger partial charge in [-0.3, -0.25) is 14.4 Å². The third kappa shape index (κ3) is 40.9. The zero-order valence-corrected chi connectivity index (χ0v) is 35.3. The molecule has 1 unspecified atom stereocenters. The summed E-state index contributed by atoms with van der Waals surface area (Å²) in [5, 5.41) is 0. The summed E-state index contributed by atoms with van der Waals surface area (Å²) < 4.78 is 16.7. The van der Waals surface area contributed by atoms with Crippen molar-refractivity contribution < 1.29 is 28.6 Å². The number of ether oxygens (including phenoxy) is 3. The Morgan fingerprint density at radius 3 is 1.11 bits per heavy atom. The van der Waals surface area contributed by atoms with Gasteiger partial charge in [-0.05, 0) is 44.9 Å². The Labute approximate surface area is 328 Å². The van der Waals surface area contributed by atoms with Gasteiger partial charge in [0.2, 0.25) is 0 Å². The van der Waals surface area contributed by atoms with Crippen LogP contribution in [0.2, 0.25) is 0 Å². The average Bonchev–Trinajstić information content (AvgIpc) is 3.15. The Morgan fingerprint density at radius 1 is 0.377 bits per heavy atom. The van der Waals surface area contributed by atoms with Crippen molar-refractivity contribution in [3.05, 3.63) is 24.3 Å². The highest BCUT2D eigenvalue weighted by atomic mass is 16.6. The fourth-order valence-corrected chi connectivity index (χ4v) is 6.48. The molecule has 0 aromatic rings. The average molecular weight is 747 g/mol. The van der Waals surface area contributed by atoms with Crippen LogP contribution in [0.3, 0.4) is 0 Å². The molecule has 0 fully saturated rings. The van der Waals surface area contributed by atoms with Crippen LogP contribution in [0.15, 0.2) is 24.3 Å². The van der Waals surface area contributed by atoms with Crippen LogP contribution in [-0.2, 0) is 28.6 Å². The second kappa shape index (κ2) is 42.6. The Bertz CT molecular complexity index is 865. The van der Waals surface area contributed by atoms with Crippen LogP contribution in [0.1, 0.15) is 239 Å². The van der Waals surface area contributed by atoms with E-state index in [-0.39, 0.29) is 31.1 Å². The first-order chi connectivity index (χ1) is 26.0. The highest BCUT2D eigenvalue weighted by Gasteiger charge is 2.19. The molecule has 0 saturated carbocycles. The van der Waals surface area contributed by atoms with Crippen molar-refractivity contribution in [1.82, 2.24) is 0 Å². The minimum absolute atomic E-state index is 0.0718. The summed E-state index contributed by atoms with van der Waals surface area (Å²) in [7, 11) is 0. The molecule has 0 aliphatic rings. The predicted molar refractivity (Wildman–Crippen MR) is 224 cm³/mol. The van der Waals surface area contributed by atoms with Crippen molar-refractivity contribution in [3.8, 4) is 0 Å². The Balaban J connectivity index is 4.36. The molecule has 0 heterocycles. The molecule has 0 aliphatic heterocycles. The molecular weight excluding hydrogens is 661 g/mol. The molecule has 0 bridgehead atoms. The van der Waals surface area contributed by atoms with Crippen molar-refractivity contribution in [2.24, 2.45) is 0 Å². The van der Waals surface area contributed by atoms with Crippen LogP contribution in [0.25, 0.3) is 0 Å². The Hall–Kier alpha value is -2.11. The molecule has 0 radical (unpaired) electrons. The molecule has 0 N–H and O–H groups in total. The highest BCUT2D eigenvalue weighted by molar-refractivity contribution is 5.71. The number of rotatable bonds is 41. The molecule has 0 rings (SSSR count). The molecule has 0 spiro atoms. The highest BCUT2D eigenvalue weighted by Crippen LogP contribution is 2.15. The quantitative estimate of drug-likeness (QED) is 0.0268. The van der Waals surface area contributed by atoms with Crippen LogP contribution in [-0.4, -0.2) is 37.2 Å². The molecule has 310 valence electrons. The lowest BCUT2D eigenvalue weighted by molar-refractivity contribution is -0.167. The molecule has 0 aromatic carbocycles. The first-order valence-corrected chi connectivity index (χ1v) is 22.8. The normalized spacial score (nSPS) is 12.1. The topological polar surface area (TPSA) is 78.9 Å². The largest absolute Gasteiger partial charge is 0.462 e. The van der Waals surface area contributed by atoms with Gasteiger partial charge in [0.1, 0.15) is 13.2 Å². The Kier molecular flexibility index (Phi) is 40.9. The van der Waals surface area contributed by atoms with Gasteiger partial charge in [-0.25, -0.2) is 0 Å². The summed E-state index contributed by atoms with van der Waals surface area (Å²) in [5.41, 5.74) is 0. The zero-order valence-electron chi connectivity index (χ0n) is 35.3. The number of esters is 3. The number of carbonyl (C=O) groups excluding carboxylic acids is 3. The molecule has 0 aromatic heterocycles. The Morgan fingerprint density at radius 2 is 0.717 bits per heavy atom. The van der Waals surface area contributed by atoms with Gasteiger partial charge in [0, 0.05) is 19.3 Å². The van der Waals surface area contributed by atoms with Crippen molar-refractivity contribution >= 4 is 17.9 Å². The standard InChI is InChI=1S/C47H86O6/c1-4-7-10-13-16-19-22-23-26-28-31-34-37-40-46(49)52-43-44(53-47(50)41-38-35-32-29-25-21-18-15-12-9-6-3)42-51-45(48)39-36-33-30-27-24-20-17-14-11-8-5-2/h10,13,19,22,44H,4-9,11-12,14-18,20-21,23-43H2,1-3H3/b13-10-,22-19-. The van der Waals surface area contributed by atoms with Crippen LogP contribution < -0.4 is 0 Å². The van der Waals surface area contributed by atoms with E-state index in [2.05, 4.69) is 45.1 Å². The summed E-state index contributed by atoms with van der Waals surface area (Å²) in [6.45, 7) is 6.55. The third-order valence-electron chi connectivity index (χ3n) is 9.94. The van der Waals surface area contributed by atoms with E-state index in [1.807, 2.05) is 0 Å². The van der Waals surface area contributed by atoms with Crippen molar-refractivity contribution in [2.45, 2.75) is 245 Å². The molecule has 0 saturated heterocycles. The molecule has 0 aliphatic carbocycles. The van der Waals surface area contributed by atoms with Gasteiger partial charge in [-0.2, -0.15) is 0 Å². The fraction of sp³-hybridized carbons (Fsp3) is 0.851. The minimum atomic E-state index is -0.768. The van der Waals surface area contributed by atoms with E-state index < -0.39 is 6.10 Å². The predicted octanol–water partition coefficient (Wildman–Crippen LogP) is 14.4. The minimum Gasteiger partial charge on any atom is -0.462 e. The second-order valence-corrected chi connectivity index (χ2v) is 15.3. The van der Waals surface area contributed by atoms with E-state index in [0.717, 1.165) is 83.5 Å². The first-order valence-electron chi connectivity index (χ1n) is 22.8. The van der Waals surface area contributed by atoms with Crippen molar-refractivity contribution in [1.29, 1.82) is 0 Å². The van der Waals surface area contributed by atoms with Gasteiger partial charge in [-0.15, -0.1) is 0 Å². The van der Waals surface area contributed by atoms with E-state index >= 15 is 0 Å². The lowest BCUT2D eigenvalue weighted by Crippen LogP contribution is -2.30.